The highest BCUT2D eigenvalue weighted by Gasteiger charge is 2.30. The Kier molecular flexibility index (Phi) is 2.64. The van der Waals surface area contributed by atoms with Crippen LogP contribution in [0.15, 0.2) is 17.8 Å². The smallest absolute Gasteiger partial charge is 0.273 e. The second kappa shape index (κ2) is 4.18. The second-order valence-corrected chi connectivity index (χ2v) is 5.16. The molecule has 1 saturated heterocycles. The van der Waals surface area contributed by atoms with Crippen LogP contribution in [0.5, 0.6) is 0 Å². The van der Waals surface area contributed by atoms with E-state index in [-0.39, 0.29) is 12.0 Å². The van der Waals surface area contributed by atoms with E-state index in [1.165, 1.54) is 11.3 Å². The molecule has 0 unspecified atom stereocenters. The molecule has 6 nitrogen and oxygen atoms in total. The first-order valence-corrected chi connectivity index (χ1v) is 6.43. The van der Waals surface area contributed by atoms with Gasteiger partial charge in [0, 0.05) is 37.3 Å². The zero-order chi connectivity index (χ0) is 12.7. The molecule has 3 heterocycles. The predicted molar refractivity (Wildman–Crippen MR) is 66.2 cm³/mol. The van der Waals surface area contributed by atoms with Crippen molar-refractivity contribution in [1.82, 2.24) is 19.7 Å². The van der Waals surface area contributed by atoms with Crippen LogP contribution in [0.25, 0.3) is 10.6 Å². The maximum atomic E-state index is 12.0. The first kappa shape index (κ1) is 11.4. The average molecular weight is 264 g/mol. The van der Waals surface area contributed by atoms with Gasteiger partial charge in [0.25, 0.3) is 5.91 Å². The summed E-state index contributed by atoms with van der Waals surface area (Å²) in [4.78, 5) is 17.9. The summed E-state index contributed by atoms with van der Waals surface area (Å²) < 4.78 is 1.70. The number of aryl methyl sites for hydroxylation is 1. The van der Waals surface area contributed by atoms with E-state index in [2.05, 4.69) is 10.1 Å². The van der Waals surface area contributed by atoms with Gasteiger partial charge in [-0.25, -0.2) is 4.98 Å². The lowest BCUT2D eigenvalue weighted by molar-refractivity contribution is 0.00556. The van der Waals surface area contributed by atoms with Crippen molar-refractivity contribution in [2.45, 2.75) is 6.10 Å². The van der Waals surface area contributed by atoms with E-state index in [0.717, 1.165) is 10.6 Å². The summed E-state index contributed by atoms with van der Waals surface area (Å²) in [5, 5.41) is 15.8. The van der Waals surface area contributed by atoms with Crippen molar-refractivity contribution in [3.05, 3.63) is 23.5 Å². The standard InChI is InChI=1S/C11H12N4O2S/c1-14-3-7(2-12-14)10-13-9(6-18-10)11(17)15-4-8(16)5-15/h2-3,6,8,16H,4-5H2,1H3. The van der Waals surface area contributed by atoms with E-state index in [0.29, 0.717) is 18.8 Å². The van der Waals surface area contributed by atoms with Crippen molar-refractivity contribution in [2.75, 3.05) is 13.1 Å². The van der Waals surface area contributed by atoms with Gasteiger partial charge in [0.05, 0.1) is 12.3 Å². The zero-order valence-electron chi connectivity index (χ0n) is 9.78. The summed E-state index contributed by atoms with van der Waals surface area (Å²) in [5.41, 5.74) is 1.34. The molecule has 7 heteroatoms. The lowest BCUT2D eigenvalue weighted by Crippen LogP contribution is -2.53. The van der Waals surface area contributed by atoms with Crippen molar-refractivity contribution in [1.29, 1.82) is 0 Å². The monoisotopic (exact) mass is 264 g/mol. The van der Waals surface area contributed by atoms with Gasteiger partial charge in [-0.3, -0.25) is 9.48 Å². The molecule has 1 aliphatic rings. The van der Waals surface area contributed by atoms with Crippen LogP contribution in [-0.4, -0.2) is 49.9 Å². The number of thiazole rings is 1. The minimum absolute atomic E-state index is 0.119. The average Bonchev–Trinajstić information content (AvgIpc) is 2.92. The van der Waals surface area contributed by atoms with Gasteiger partial charge in [-0.1, -0.05) is 0 Å². The van der Waals surface area contributed by atoms with Crippen LogP contribution in [0.4, 0.5) is 0 Å². The Bertz CT molecular complexity index is 585. The number of hydrogen-bond donors (Lipinski definition) is 1. The number of aromatic nitrogens is 3. The molecule has 1 aliphatic heterocycles. The van der Waals surface area contributed by atoms with Crippen molar-refractivity contribution < 1.29 is 9.90 Å². The Morgan fingerprint density at radius 2 is 2.33 bits per heavy atom. The SMILES string of the molecule is Cn1cc(-c2nc(C(=O)N3CC(O)C3)cs2)cn1. The number of hydrogen-bond acceptors (Lipinski definition) is 5. The summed E-state index contributed by atoms with van der Waals surface area (Å²) in [6.45, 7) is 0.803. The quantitative estimate of drug-likeness (QED) is 0.850. The Labute approximate surface area is 107 Å². The van der Waals surface area contributed by atoms with Gasteiger partial charge >= 0.3 is 0 Å². The van der Waals surface area contributed by atoms with Crippen LogP contribution in [0.3, 0.4) is 0 Å². The molecule has 3 rings (SSSR count). The number of nitrogens with zero attached hydrogens (tertiary/aromatic N) is 4. The molecular weight excluding hydrogens is 252 g/mol. The van der Waals surface area contributed by atoms with Crippen LogP contribution >= 0.6 is 11.3 Å². The highest BCUT2D eigenvalue weighted by molar-refractivity contribution is 7.13. The third-order valence-corrected chi connectivity index (χ3v) is 3.72. The molecule has 0 saturated carbocycles. The van der Waals surface area contributed by atoms with Gasteiger partial charge in [-0.05, 0) is 0 Å². The number of carbonyl (C=O) groups excluding carboxylic acids is 1. The normalized spacial score (nSPS) is 15.8. The summed E-state index contributed by atoms with van der Waals surface area (Å²) in [5.74, 6) is -0.119. The Morgan fingerprint density at radius 3 is 2.94 bits per heavy atom. The van der Waals surface area contributed by atoms with Crippen molar-refractivity contribution in [3.8, 4) is 10.6 Å². The third kappa shape index (κ3) is 1.91. The lowest BCUT2D eigenvalue weighted by Gasteiger charge is -2.35. The maximum absolute atomic E-state index is 12.0. The molecule has 94 valence electrons. The number of likely N-dealkylation sites (tertiary alicyclic amines) is 1. The Balaban J connectivity index is 1.79. The molecule has 1 fully saturated rings. The minimum atomic E-state index is -0.384. The van der Waals surface area contributed by atoms with E-state index in [4.69, 9.17) is 0 Å². The number of amides is 1. The molecule has 1 N–H and O–H groups in total. The highest BCUT2D eigenvalue weighted by Crippen LogP contribution is 2.24. The molecule has 0 bridgehead atoms. The van der Waals surface area contributed by atoms with Crippen LogP contribution in [0.1, 0.15) is 10.5 Å². The molecular formula is C11H12N4O2S. The molecule has 2 aromatic rings. The number of aliphatic hydroxyl groups is 1. The number of aliphatic hydroxyl groups excluding tert-OH is 1. The summed E-state index contributed by atoms with van der Waals surface area (Å²) in [6, 6.07) is 0. The number of carbonyl (C=O) groups is 1. The van der Waals surface area contributed by atoms with E-state index in [1.54, 1.807) is 21.2 Å². The van der Waals surface area contributed by atoms with Gasteiger partial charge in [0.1, 0.15) is 10.7 Å². The van der Waals surface area contributed by atoms with Crippen LogP contribution in [0.2, 0.25) is 0 Å². The number of β-amino-alcohol motifs (C(OH)–C–C–N with tert-alkyl or cyclic N) is 1. The Morgan fingerprint density at radius 1 is 1.56 bits per heavy atom. The fraction of sp³-hybridized carbons (Fsp3) is 0.364. The molecule has 18 heavy (non-hydrogen) atoms. The van der Waals surface area contributed by atoms with Gasteiger partial charge in [0.2, 0.25) is 0 Å². The first-order valence-electron chi connectivity index (χ1n) is 5.55. The van der Waals surface area contributed by atoms with Crippen LogP contribution in [0, 0.1) is 0 Å². The minimum Gasteiger partial charge on any atom is -0.389 e. The summed E-state index contributed by atoms with van der Waals surface area (Å²) >= 11 is 1.42. The topological polar surface area (TPSA) is 71.2 Å². The Hall–Kier alpha value is -1.73. The maximum Gasteiger partial charge on any atom is 0.273 e. The second-order valence-electron chi connectivity index (χ2n) is 4.30. The lowest BCUT2D eigenvalue weighted by atomic mass is 10.1. The predicted octanol–water partition coefficient (Wildman–Crippen LogP) is 0.360. The van der Waals surface area contributed by atoms with Gasteiger partial charge in [-0.2, -0.15) is 5.10 Å². The van der Waals surface area contributed by atoms with Crippen molar-refractivity contribution >= 4 is 17.2 Å². The molecule has 1 amide bonds. The van der Waals surface area contributed by atoms with Gasteiger partial charge in [0.15, 0.2) is 0 Å². The fourth-order valence-electron chi connectivity index (χ4n) is 1.82. The van der Waals surface area contributed by atoms with Crippen LogP contribution < -0.4 is 0 Å². The summed E-state index contributed by atoms with van der Waals surface area (Å²) in [7, 11) is 1.84. The van der Waals surface area contributed by atoms with E-state index < -0.39 is 0 Å². The van der Waals surface area contributed by atoms with E-state index >= 15 is 0 Å². The van der Waals surface area contributed by atoms with Crippen LogP contribution in [-0.2, 0) is 7.05 Å². The van der Waals surface area contributed by atoms with Crippen molar-refractivity contribution in [2.24, 2.45) is 7.05 Å². The van der Waals surface area contributed by atoms with E-state index in [1.807, 2.05) is 13.2 Å². The molecule has 0 aromatic carbocycles. The molecule has 2 aromatic heterocycles. The molecule has 0 radical (unpaired) electrons. The van der Waals surface area contributed by atoms with E-state index in [9.17, 15) is 9.90 Å². The summed E-state index contributed by atoms with van der Waals surface area (Å²) in [6.07, 6.45) is 3.20. The molecule has 0 atom stereocenters. The largest absolute Gasteiger partial charge is 0.389 e. The highest BCUT2D eigenvalue weighted by atomic mass is 32.1. The molecule has 0 aliphatic carbocycles. The van der Waals surface area contributed by atoms with Gasteiger partial charge < -0.3 is 10.0 Å². The number of rotatable bonds is 2. The van der Waals surface area contributed by atoms with Gasteiger partial charge in [-0.15, -0.1) is 11.3 Å². The molecule has 0 spiro atoms. The zero-order valence-corrected chi connectivity index (χ0v) is 10.6. The third-order valence-electron chi connectivity index (χ3n) is 2.82. The first-order chi connectivity index (χ1) is 8.63. The van der Waals surface area contributed by atoms with Crippen molar-refractivity contribution in [3.63, 3.8) is 0 Å². The fourth-order valence-corrected chi connectivity index (χ4v) is 2.59.